The highest BCUT2D eigenvalue weighted by molar-refractivity contribution is 7.99. The number of aromatic nitrogens is 1. The van der Waals surface area contributed by atoms with Gasteiger partial charge >= 0.3 is 0 Å². The van der Waals surface area contributed by atoms with Crippen LogP contribution in [0.4, 0.5) is 0 Å². The summed E-state index contributed by atoms with van der Waals surface area (Å²) in [5.41, 5.74) is 5.41. The third-order valence-corrected chi connectivity index (χ3v) is 2.63. The molecule has 0 atom stereocenters. The van der Waals surface area contributed by atoms with Crippen molar-refractivity contribution < 1.29 is 0 Å². The van der Waals surface area contributed by atoms with E-state index in [2.05, 4.69) is 0 Å². The van der Waals surface area contributed by atoms with E-state index in [-0.39, 0.29) is 5.56 Å². The summed E-state index contributed by atoms with van der Waals surface area (Å²) in [6.45, 7) is 1.47. The monoisotopic (exact) mass is 198 g/mol. The van der Waals surface area contributed by atoms with Crippen LogP contribution in [0.2, 0.25) is 0 Å². The Morgan fingerprint density at radius 2 is 2.23 bits per heavy atom. The van der Waals surface area contributed by atoms with E-state index in [4.69, 9.17) is 5.73 Å². The highest BCUT2D eigenvalue weighted by Gasteiger charge is 1.92. The maximum absolute atomic E-state index is 11.2. The molecule has 1 heterocycles. The van der Waals surface area contributed by atoms with Crippen molar-refractivity contribution in [2.24, 2.45) is 5.73 Å². The van der Waals surface area contributed by atoms with Gasteiger partial charge in [-0.3, -0.25) is 4.79 Å². The molecule has 0 unspecified atom stereocenters. The largest absolute Gasteiger partial charge is 0.330 e. The van der Waals surface area contributed by atoms with Gasteiger partial charge in [0.2, 0.25) is 0 Å². The number of rotatable bonds is 5. The molecular weight excluding hydrogens is 184 g/mol. The minimum absolute atomic E-state index is 0.0656. The SMILES string of the molecule is NCCSCCn1ccccc1=O. The number of hydrogen-bond acceptors (Lipinski definition) is 3. The number of thioether (sulfide) groups is 1. The van der Waals surface area contributed by atoms with Crippen LogP contribution in [0.1, 0.15) is 0 Å². The molecule has 1 aromatic rings. The van der Waals surface area contributed by atoms with E-state index >= 15 is 0 Å². The second kappa shape index (κ2) is 5.83. The first-order chi connectivity index (χ1) is 6.34. The number of hydrogen-bond donors (Lipinski definition) is 1. The highest BCUT2D eigenvalue weighted by atomic mass is 32.2. The van der Waals surface area contributed by atoms with Gasteiger partial charge < -0.3 is 10.3 Å². The Morgan fingerprint density at radius 1 is 1.38 bits per heavy atom. The van der Waals surface area contributed by atoms with Gasteiger partial charge in [0, 0.05) is 36.9 Å². The molecule has 0 radical (unpaired) electrons. The summed E-state index contributed by atoms with van der Waals surface area (Å²) < 4.78 is 1.71. The fourth-order valence-electron chi connectivity index (χ4n) is 0.994. The van der Waals surface area contributed by atoms with Crippen LogP contribution in [0.25, 0.3) is 0 Å². The summed E-state index contributed by atoms with van der Waals surface area (Å²) in [6.07, 6.45) is 1.81. The van der Waals surface area contributed by atoms with E-state index in [0.29, 0.717) is 6.54 Å². The van der Waals surface area contributed by atoms with E-state index in [1.165, 1.54) is 0 Å². The predicted octanol–water partition coefficient (Wildman–Crippen LogP) is 0.540. The molecule has 0 fully saturated rings. The molecule has 0 bridgehead atoms. The molecule has 0 aliphatic rings. The van der Waals surface area contributed by atoms with Crippen LogP contribution in [-0.2, 0) is 6.54 Å². The number of nitrogens with two attached hydrogens (primary N) is 1. The Balaban J connectivity index is 2.37. The fraction of sp³-hybridized carbons (Fsp3) is 0.444. The van der Waals surface area contributed by atoms with Gasteiger partial charge in [0.1, 0.15) is 0 Å². The molecule has 0 saturated heterocycles. The second-order valence-electron chi connectivity index (χ2n) is 2.63. The average molecular weight is 198 g/mol. The zero-order valence-corrected chi connectivity index (χ0v) is 8.30. The van der Waals surface area contributed by atoms with Crippen molar-refractivity contribution in [3.05, 3.63) is 34.7 Å². The van der Waals surface area contributed by atoms with E-state index in [0.717, 1.165) is 18.1 Å². The number of nitrogens with zero attached hydrogens (tertiary/aromatic N) is 1. The molecule has 1 rings (SSSR count). The summed E-state index contributed by atoms with van der Waals surface area (Å²) in [4.78, 5) is 11.2. The van der Waals surface area contributed by atoms with Gasteiger partial charge in [-0.1, -0.05) is 6.07 Å². The zero-order chi connectivity index (χ0) is 9.52. The van der Waals surface area contributed by atoms with Gasteiger partial charge in [-0.25, -0.2) is 0 Å². The molecule has 0 aliphatic heterocycles. The summed E-state index contributed by atoms with van der Waals surface area (Å²) in [5, 5.41) is 0. The minimum Gasteiger partial charge on any atom is -0.330 e. The first-order valence-corrected chi connectivity index (χ1v) is 5.43. The van der Waals surface area contributed by atoms with Crippen LogP contribution in [0.15, 0.2) is 29.2 Å². The lowest BCUT2D eigenvalue weighted by Crippen LogP contribution is -2.19. The van der Waals surface area contributed by atoms with Crippen LogP contribution >= 0.6 is 11.8 Å². The highest BCUT2D eigenvalue weighted by Crippen LogP contribution is 1.98. The lowest BCUT2D eigenvalue weighted by molar-refractivity contribution is 0.735. The normalized spacial score (nSPS) is 10.2. The smallest absolute Gasteiger partial charge is 0.250 e. The second-order valence-corrected chi connectivity index (χ2v) is 3.86. The Kier molecular flexibility index (Phi) is 4.64. The number of aryl methyl sites for hydroxylation is 1. The van der Waals surface area contributed by atoms with Crippen molar-refractivity contribution in [1.82, 2.24) is 4.57 Å². The van der Waals surface area contributed by atoms with Crippen LogP contribution in [0, 0.1) is 0 Å². The lowest BCUT2D eigenvalue weighted by atomic mass is 10.5. The van der Waals surface area contributed by atoms with Gasteiger partial charge in [0.15, 0.2) is 0 Å². The standard InChI is InChI=1S/C9H14N2OS/c10-4-7-13-8-6-11-5-2-1-3-9(11)12/h1-3,5H,4,6-8,10H2. The van der Waals surface area contributed by atoms with E-state index in [1.807, 2.05) is 12.3 Å². The molecule has 0 spiro atoms. The van der Waals surface area contributed by atoms with Crippen molar-refractivity contribution in [3.8, 4) is 0 Å². The summed E-state index contributed by atoms with van der Waals surface area (Å²) in [7, 11) is 0. The van der Waals surface area contributed by atoms with Gasteiger partial charge in [-0.15, -0.1) is 0 Å². The van der Waals surface area contributed by atoms with Gasteiger partial charge in [0.25, 0.3) is 5.56 Å². The Labute approximate surface area is 81.9 Å². The summed E-state index contributed by atoms with van der Waals surface area (Å²) in [5.74, 6) is 1.91. The molecule has 3 nitrogen and oxygen atoms in total. The Morgan fingerprint density at radius 3 is 2.92 bits per heavy atom. The molecule has 13 heavy (non-hydrogen) atoms. The molecule has 0 amide bonds. The number of pyridine rings is 1. The van der Waals surface area contributed by atoms with Crippen molar-refractivity contribution in [2.75, 3.05) is 18.1 Å². The van der Waals surface area contributed by atoms with Gasteiger partial charge in [-0.05, 0) is 6.07 Å². The maximum Gasteiger partial charge on any atom is 0.250 e. The Bertz CT molecular complexity index is 298. The van der Waals surface area contributed by atoms with Crippen LogP contribution < -0.4 is 11.3 Å². The third-order valence-electron chi connectivity index (χ3n) is 1.64. The van der Waals surface area contributed by atoms with Crippen molar-refractivity contribution in [2.45, 2.75) is 6.54 Å². The van der Waals surface area contributed by atoms with E-state index in [9.17, 15) is 4.79 Å². The topological polar surface area (TPSA) is 48.0 Å². The molecule has 0 aliphatic carbocycles. The maximum atomic E-state index is 11.2. The van der Waals surface area contributed by atoms with E-state index < -0.39 is 0 Å². The third kappa shape index (κ3) is 3.65. The van der Waals surface area contributed by atoms with Crippen molar-refractivity contribution in [3.63, 3.8) is 0 Å². The first kappa shape index (κ1) is 10.3. The molecule has 72 valence electrons. The van der Waals surface area contributed by atoms with Gasteiger partial charge in [-0.2, -0.15) is 11.8 Å². The molecule has 0 aromatic carbocycles. The van der Waals surface area contributed by atoms with Crippen LogP contribution in [-0.4, -0.2) is 22.6 Å². The van der Waals surface area contributed by atoms with Crippen molar-refractivity contribution in [1.29, 1.82) is 0 Å². The molecule has 2 N–H and O–H groups in total. The summed E-state index contributed by atoms with van der Waals surface area (Å²) in [6, 6.07) is 5.20. The molecular formula is C9H14N2OS. The molecule has 4 heteroatoms. The predicted molar refractivity (Wildman–Crippen MR) is 57.1 cm³/mol. The quantitative estimate of drug-likeness (QED) is 0.702. The molecule has 1 aromatic heterocycles. The van der Waals surface area contributed by atoms with E-state index in [1.54, 1.807) is 28.5 Å². The van der Waals surface area contributed by atoms with Crippen LogP contribution in [0.3, 0.4) is 0 Å². The van der Waals surface area contributed by atoms with Gasteiger partial charge in [0.05, 0.1) is 0 Å². The minimum atomic E-state index is 0.0656. The molecule has 0 saturated carbocycles. The zero-order valence-electron chi connectivity index (χ0n) is 7.48. The van der Waals surface area contributed by atoms with Crippen molar-refractivity contribution >= 4 is 11.8 Å². The summed E-state index contributed by atoms with van der Waals surface area (Å²) >= 11 is 1.77. The van der Waals surface area contributed by atoms with Crippen LogP contribution in [0.5, 0.6) is 0 Å². The first-order valence-electron chi connectivity index (χ1n) is 4.28. The fourth-order valence-corrected chi connectivity index (χ4v) is 1.69. The lowest BCUT2D eigenvalue weighted by Gasteiger charge is -2.03. The Hall–Kier alpha value is -0.740. The average Bonchev–Trinajstić information content (AvgIpc) is 2.15.